The van der Waals surface area contributed by atoms with Crippen LogP contribution >= 0.6 is 15.9 Å². The lowest BCUT2D eigenvalue weighted by molar-refractivity contribution is 0.181. The number of hydrogen-bond acceptors (Lipinski definition) is 2. The molecule has 100 valence electrons. The molecule has 2 nitrogen and oxygen atoms in total. The van der Waals surface area contributed by atoms with Gasteiger partial charge in [-0.1, -0.05) is 15.9 Å². The SMILES string of the molecule is CNC(Cc1cc(F)ccc1Br)CC1CCOC1. The van der Waals surface area contributed by atoms with Crippen molar-refractivity contribution in [3.63, 3.8) is 0 Å². The van der Waals surface area contributed by atoms with Gasteiger partial charge in [0.05, 0.1) is 0 Å². The van der Waals surface area contributed by atoms with Crippen molar-refractivity contribution in [2.75, 3.05) is 20.3 Å². The van der Waals surface area contributed by atoms with E-state index in [-0.39, 0.29) is 5.82 Å². The average Bonchev–Trinajstić information content (AvgIpc) is 2.85. The molecule has 1 fully saturated rings. The van der Waals surface area contributed by atoms with Gasteiger partial charge in [-0.3, -0.25) is 0 Å². The molecule has 1 aromatic carbocycles. The fraction of sp³-hybridized carbons (Fsp3) is 0.571. The maximum absolute atomic E-state index is 13.2. The van der Waals surface area contributed by atoms with E-state index in [2.05, 4.69) is 21.2 Å². The first-order valence-corrected chi connectivity index (χ1v) is 7.17. The van der Waals surface area contributed by atoms with Gasteiger partial charge in [0.2, 0.25) is 0 Å². The minimum absolute atomic E-state index is 0.174. The Hall–Kier alpha value is -0.450. The highest BCUT2D eigenvalue weighted by atomic mass is 79.9. The summed E-state index contributed by atoms with van der Waals surface area (Å²) >= 11 is 3.48. The Morgan fingerprint density at radius 2 is 2.39 bits per heavy atom. The van der Waals surface area contributed by atoms with Crippen molar-refractivity contribution in [2.24, 2.45) is 5.92 Å². The molecular formula is C14H19BrFNO. The van der Waals surface area contributed by atoms with E-state index in [1.54, 1.807) is 12.1 Å². The topological polar surface area (TPSA) is 21.3 Å². The molecule has 2 atom stereocenters. The zero-order valence-electron chi connectivity index (χ0n) is 10.6. The van der Waals surface area contributed by atoms with E-state index in [9.17, 15) is 4.39 Å². The summed E-state index contributed by atoms with van der Waals surface area (Å²) < 4.78 is 19.6. The third kappa shape index (κ3) is 3.77. The maximum Gasteiger partial charge on any atom is 0.123 e. The maximum atomic E-state index is 13.2. The molecule has 0 radical (unpaired) electrons. The van der Waals surface area contributed by atoms with Crippen molar-refractivity contribution < 1.29 is 9.13 Å². The van der Waals surface area contributed by atoms with Gasteiger partial charge in [-0.2, -0.15) is 0 Å². The second kappa shape index (κ2) is 6.64. The highest BCUT2D eigenvalue weighted by Crippen LogP contribution is 2.23. The van der Waals surface area contributed by atoms with E-state index in [1.165, 1.54) is 6.07 Å². The van der Waals surface area contributed by atoms with Crippen molar-refractivity contribution in [3.05, 3.63) is 34.1 Å². The van der Waals surface area contributed by atoms with Crippen LogP contribution in [0.15, 0.2) is 22.7 Å². The van der Waals surface area contributed by atoms with Crippen LogP contribution in [0.1, 0.15) is 18.4 Å². The van der Waals surface area contributed by atoms with Gasteiger partial charge in [-0.25, -0.2) is 4.39 Å². The molecule has 1 N–H and O–H groups in total. The van der Waals surface area contributed by atoms with Crippen molar-refractivity contribution in [1.82, 2.24) is 5.32 Å². The molecule has 1 aliphatic heterocycles. The zero-order chi connectivity index (χ0) is 13.0. The highest BCUT2D eigenvalue weighted by Gasteiger charge is 2.20. The Bertz CT molecular complexity index is 393. The van der Waals surface area contributed by atoms with Crippen LogP contribution in [-0.4, -0.2) is 26.3 Å². The van der Waals surface area contributed by atoms with E-state index in [1.807, 2.05) is 7.05 Å². The predicted molar refractivity (Wildman–Crippen MR) is 74.2 cm³/mol. The lowest BCUT2D eigenvalue weighted by atomic mass is 9.94. The highest BCUT2D eigenvalue weighted by molar-refractivity contribution is 9.10. The monoisotopic (exact) mass is 315 g/mol. The number of hydrogen-bond donors (Lipinski definition) is 1. The van der Waals surface area contributed by atoms with E-state index >= 15 is 0 Å². The van der Waals surface area contributed by atoms with Gasteiger partial charge in [0.25, 0.3) is 0 Å². The molecule has 1 aliphatic rings. The summed E-state index contributed by atoms with van der Waals surface area (Å²) in [6.45, 7) is 1.74. The molecule has 0 amide bonds. The number of halogens is 2. The molecule has 2 rings (SSSR count). The minimum atomic E-state index is -0.174. The molecule has 0 spiro atoms. The van der Waals surface area contributed by atoms with Gasteiger partial charge in [0.15, 0.2) is 0 Å². The quantitative estimate of drug-likeness (QED) is 0.901. The first kappa shape index (κ1) is 14.0. The predicted octanol–water partition coefficient (Wildman–Crippen LogP) is 3.15. The van der Waals surface area contributed by atoms with Crippen molar-refractivity contribution in [2.45, 2.75) is 25.3 Å². The molecule has 0 aliphatic carbocycles. The third-order valence-corrected chi connectivity index (χ3v) is 4.30. The lowest BCUT2D eigenvalue weighted by Gasteiger charge is -2.20. The Labute approximate surface area is 116 Å². The Kier molecular flexibility index (Phi) is 5.15. The second-order valence-corrected chi connectivity index (χ2v) is 5.75. The molecule has 0 bridgehead atoms. The zero-order valence-corrected chi connectivity index (χ0v) is 12.2. The number of ether oxygens (including phenoxy) is 1. The van der Waals surface area contributed by atoms with Gasteiger partial charge in [0, 0.05) is 23.7 Å². The molecule has 0 saturated carbocycles. The Balaban J connectivity index is 1.98. The summed E-state index contributed by atoms with van der Waals surface area (Å²) in [7, 11) is 1.97. The van der Waals surface area contributed by atoms with E-state index < -0.39 is 0 Å². The lowest BCUT2D eigenvalue weighted by Crippen LogP contribution is -2.30. The van der Waals surface area contributed by atoms with E-state index in [0.29, 0.717) is 12.0 Å². The van der Waals surface area contributed by atoms with Crippen LogP contribution in [0.4, 0.5) is 4.39 Å². The van der Waals surface area contributed by atoms with Crippen molar-refractivity contribution in [3.8, 4) is 0 Å². The average molecular weight is 316 g/mol. The summed E-state index contributed by atoms with van der Waals surface area (Å²) in [6.07, 6.45) is 3.06. The van der Waals surface area contributed by atoms with Gasteiger partial charge in [0.1, 0.15) is 5.82 Å². The third-order valence-electron chi connectivity index (χ3n) is 3.52. The van der Waals surface area contributed by atoms with Crippen LogP contribution in [0.5, 0.6) is 0 Å². The number of benzene rings is 1. The summed E-state index contributed by atoms with van der Waals surface area (Å²) in [6, 6.07) is 5.23. The number of nitrogens with one attached hydrogen (secondary N) is 1. The van der Waals surface area contributed by atoms with E-state index in [4.69, 9.17) is 4.74 Å². The van der Waals surface area contributed by atoms with Crippen LogP contribution < -0.4 is 5.32 Å². The van der Waals surface area contributed by atoms with Crippen LogP contribution in [0.25, 0.3) is 0 Å². The van der Waals surface area contributed by atoms with Gasteiger partial charge in [-0.15, -0.1) is 0 Å². The fourth-order valence-corrected chi connectivity index (χ4v) is 2.85. The molecule has 1 heterocycles. The summed E-state index contributed by atoms with van der Waals surface area (Å²) in [5.41, 5.74) is 1.02. The first-order chi connectivity index (χ1) is 8.69. The largest absolute Gasteiger partial charge is 0.381 e. The van der Waals surface area contributed by atoms with Gasteiger partial charge in [-0.05, 0) is 56.0 Å². The minimum Gasteiger partial charge on any atom is -0.381 e. The molecule has 1 saturated heterocycles. The van der Waals surface area contributed by atoms with Crippen LogP contribution in [0, 0.1) is 11.7 Å². The Morgan fingerprint density at radius 3 is 3.06 bits per heavy atom. The van der Waals surface area contributed by atoms with E-state index in [0.717, 1.165) is 42.5 Å². The normalized spacial score (nSPS) is 21.2. The molecule has 18 heavy (non-hydrogen) atoms. The van der Waals surface area contributed by atoms with Crippen LogP contribution in [0.2, 0.25) is 0 Å². The molecule has 0 aromatic heterocycles. The number of rotatable bonds is 5. The number of likely N-dealkylation sites (N-methyl/N-ethyl adjacent to an activating group) is 1. The first-order valence-electron chi connectivity index (χ1n) is 6.38. The van der Waals surface area contributed by atoms with Gasteiger partial charge >= 0.3 is 0 Å². The fourth-order valence-electron chi connectivity index (χ4n) is 2.44. The second-order valence-electron chi connectivity index (χ2n) is 4.89. The standard InChI is InChI=1S/C14H19BrFNO/c1-17-13(6-10-4-5-18-9-10)8-11-7-12(16)2-3-14(11)15/h2-3,7,10,13,17H,4-6,8-9H2,1H3. The molecule has 2 unspecified atom stereocenters. The molecular weight excluding hydrogens is 297 g/mol. The van der Waals surface area contributed by atoms with Crippen LogP contribution in [0.3, 0.4) is 0 Å². The van der Waals surface area contributed by atoms with Crippen molar-refractivity contribution >= 4 is 15.9 Å². The van der Waals surface area contributed by atoms with Gasteiger partial charge < -0.3 is 10.1 Å². The van der Waals surface area contributed by atoms with Crippen molar-refractivity contribution in [1.29, 1.82) is 0 Å². The summed E-state index contributed by atoms with van der Waals surface area (Å²) in [5, 5.41) is 3.33. The Morgan fingerprint density at radius 1 is 1.56 bits per heavy atom. The smallest absolute Gasteiger partial charge is 0.123 e. The molecule has 1 aromatic rings. The summed E-state index contributed by atoms with van der Waals surface area (Å²) in [4.78, 5) is 0. The van der Waals surface area contributed by atoms with Crippen LogP contribution in [-0.2, 0) is 11.2 Å². The summed E-state index contributed by atoms with van der Waals surface area (Å²) in [5.74, 6) is 0.460. The molecule has 4 heteroatoms.